The predicted octanol–water partition coefficient (Wildman–Crippen LogP) is 2.87. The number of pyridine rings is 1. The highest BCUT2D eigenvalue weighted by Crippen LogP contribution is 2.27. The first-order valence-electron chi connectivity index (χ1n) is 5.82. The van der Waals surface area contributed by atoms with Crippen molar-refractivity contribution in [2.45, 2.75) is 27.2 Å². The van der Waals surface area contributed by atoms with Gasteiger partial charge in [-0.2, -0.15) is 0 Å². The molecule has 0 saturated carbocycles. The summed E-state index contributed by atoms with van der Waals surface area (Å²) in [6.45, 7) is 9.06. The molecule has 82 valence electrons. The summed E-state index contributed by atoms with van der Waals surface area (Å²) < 4.78 is 0. The minimum Gasteiger partial charge on any atom is -0.370 e. The third-order valence-electron chi connectivity index (χ3n) is 3.02. The zero-order chi connectivity index (χ0) is 10.8. The fraction of sp³-hybridized carbons (Fsp3) is 0.615. The van der Waals surface area contributed by atoms with E-state index in [0.29, 0.717) is 0 Å². The zero-order valence-corrected chi connectivity index (χ0v) is 9.90. The first-order chi connectivity index (χ1) is 7.15. The van der Waals surface area contributed by atoms with Gasteiger partial charge in [-0.05, 0) is 37.3 Å². The van der Waals surface area contributed by atoms with Crippen molar-refractivity contribution in [1.82, 2.24) is 4.98 Å². The molecule has 0 N–H and O–H groups in total. The van der Waals surface area contributed by atoms with E-state index in [1.54, 1.807) is 0 Å². The summed E-state index contributed by atoms with van der Waals surface area (Å²) in [5.74, 6) is 1.72. The third kappa shape index (κ3) is 2.49. The summed E-state index contributed by atoms with van der Waals surface area (Å²) >= 11 is 0. The molecule has 0 atom stereocenters. The number of aromatic nitrogens is 1. The largest absolute Gasteiger partial charge is 0.370 e. The molecule has 15 heavy (non-hydrogen) atoms. The summed E-state index contributed by atoms with van der Waals surface area (Å²) in [7, 11) is 0. The van der Waals surface area contributed by atoms with Crippen LogP contribution in [0.2, 0.25) is 0 Å². The molecular weight excluding hydrogens is 184 g/mol. The van der Waals surface area contributed by atoms with Gasteiger partial charge in [-0.15, -0.1) is 0 Å². The van der Waals surface area contributed by atoms with Crippen molar-refractivity contribution in [3.63, 3.8) is 0 Å². The lowest BCUT2D eigenvalue weighted by atomic mass is 9.90. The van der Waals surface area contributed by atoms with E-state index in [9.17, 15) is 0 Å². The molecule has 0 bridgehead atoms. The zero-order valence-electron chi connectivity index (χ0n) is 9.90. The van der Waals surface area contributed by atoms with Crippen LogP contribution in [0.4, 0.5) is 5.69 Å². The Bertz CT molecular complexity index is 310. The van der Waals surface area contributed by atoms with Crippen LogP contribution in [0, 0.1) is 18.8 Å². The predicted molar refractivity (Wildman–Crippen MR) is 64.1 cm³/mol. The van der Waals surface area contributed by atoms with Gasteiger partial charge in [0.25, 0.3) is 0 Å². The van der Waals surface area contributed by atoms with E-state index >= 15 is 0 Å². The lowest BCUT2D eigenvalue weighted by Crippen LogP contribution is -2.47. The van der Waals surface area contributed by atoms with Gasteiger partial charge in [-0.3, -0.25) is 4.98 Å². The standard InChI is InChI=1S/C13H20N2/c1-10(2)6-12-8-15(9-12)13-5-4-11(3)14-7-13/h4-5,7,10,12H,6,8-9H2,1-3H3. The van der Waals surface area contributed by atoms with Crippen LogP contribution < -0.4 is 4.90 Å². The molecule has 1 aliphatic heterocycles. The van der Waals surface area contributed by atoms with Crippen molar-refractivity contribution in [2.24, 2.45) is 11.8 Å². The summed E-state index contributed by atoms with van der Waals surface area (Å²) in [6.07, 6.45) is 3.34. The van der Waals surface area contributed by atoms with Crippen molar-refractivity contribution in [2.75, 3.05) is 18.0 Å². The van der Waals surface area contributed by atoms with Gasteiger partial charge in [-0.1, -0.05) is 13.8 Å². The highest BCUT2D eigenvalue weighted by atomic mass is 15.2. The molecule has 0 aliphatic carbocycles. The van der Waals surface area contributed by atoms with Gasteiger partial charge in [-0.25, -0.2) is 0 Å². The van der Waals surface area contributed by atoms with E-state index in [0.717, 1.165) is 17.5 Å². The average Bonchev–Trinajstić information content (AvgIpc) is 2.12. The molecule has 1 aromatic rings. The number of rotatable bonds is 3. The monoisotopic (exact) mass is 204 g/mol. The number of hydrogen-bond acceptors (Lipinski definition) is 2. The lowest BCUT2D eigenvalue weighted by molar-refractivity contribution is 0.337. The number of nitrogens with zero attached hydrogens (tertiary/aromatic N) is 2. The van der Waals surface area contributed by atoms with Crippen molar-refractivity contribution in [3.8, 4) is 0 Å². The first kappa shape index (κ1) is 10.5. The molecule has 1 fully saturated rings. The second kappa shape index (κ2) is 4.21. The van der Waals surface area contributed by atoms with E-state index in [-0.39, 0.29) is 0 Å². The molecular formula is C13H20N2. The van der Waals surface area contributed by atoms with E-state index in [1.165, 1.54) is 25.2 Å². The highest BCUT2D eigenvalue weighted by molar-refractivity contribution is 5.47. The summed E-state index contributed by atoms with van der Waals surface area (Å²) in [6, 6.07) is 4.26. The van der Waals surface area contributed by atoms with Crippen LogP contribution in [0.5, 0.6) is 0 Å². The van der Waals surface area contributed by atoms with Gasteiger partial charge in [0.05, 0.1) is 11.9 Å². The fourth-order valence-electron chi connectivity index (χ4n) is 2.24. The molecule has 2 heteroatoms. The Morgan fingerprint density at radius 3 is 2.67 bits per heavy atom. The Morgan fingerprint density at radius 1 is 1.40 bits per heavy atom. The van der Waals surface area contributed by atoms with E-state index in [2.05, 4.69) is 35.9 Å². The minimum absolute atomic E-state index is 0.827. The Hall–Kier alpha value is -1.05. The molecule has 1 aromatic heterocycles. The van der Waals surface area contributed by atoms with Crippen LogP contribution >= 0.6 is 0 Å². The van der Waals surface area contributed by atoms with E-state index in [1.807, 2.05) is 13.1 Å². The smallest absolute Gasteiger partial charge is 0.0553 e. The molecule has 0 radical (unpaired) electrons. The molecule has 2 rings (SSSR count). The maximum absolute atomic E-state index is 4.33. The summed E-state index contributed by atoms with van der Waals surface area (Å²) in [5.41, 5.74) is 2.37. The van der Waals surface area contributed by atoms with Crippen LogP contribution in [0.25, 0.3) is 0 Å². The van der Waals surface area contributed by atoms with Crippen LogP contribution in [0.3, 0.4) is 0 Å². The lowest BCUT2D eigenvalue weighted by Gasteiger charge is -2.41. The topological polar surface area (TPSA) is 16.1 Å². The Morgan fingerprint density at radius 2 is 2.13 bits per heavy atom. The second-order valence-electron chi connectivity index (χ2n) is 5.06. The molecule has 1 aliphatic rings. The molecule has 0 amide bonds. The van der Waals surface area contributed by atoms with Gasteiger partial charge in [0, 0.05) is 18.8 Å². The Labute approximate surface area is 92.3 Å². The van der Waals surface area contributed by atoms with Crippen LogP contribution in [-0.2, 0) is 0 Å². The quantitative estimate of drug-likeness (QED) is 0.752. The fourth-order valence-corrected chi connectivity index (χ4v) is 2.24. The van der Waals surface area contributed by atoms with Crippen LogP contribution in [0.15, 0.2) is 18.3 Å². The molecule has 0 spiro atoms. The maximum Gasteiger partial charge on any atom is 0.0553 e. The number of aryl methyl sites for hydroxylation is 1. The van der Waals surface area contributed by atoms with Crippen molar-refractivity contribution >= 4 is 5.69 Å². The first-order valence-corrected chi connectivity index (χ1v) is 5.82. The average molecular weight is 204 g/mol. The second-order valence-corrected chi connectivity index (χ2v) is 5.06. The van der Waals surface area contributed by atoms with Crippen LogP contribution in [0.1, 0.15) is 26.0 Å². The molecule has 2 nitrogen and oxygen atoms in total. The maximum atomic E-state index is 4.33. The van der Waals surface area contributed by atoms with Gasteiger partial charge >= 0.3 is 0 Å². The summed E-state index contributed by atoms with van der Waals surface area (Å²) in [5, 5.41) is 0. The number of anilines is 1. The highest BCUT2D eigenvalue weighted by Gasteiger charge is 2.27. The molecule has 0 unspecified atom stereocenters. The molecule has 0 aromatic carbocycles. The van der Waals surface area contributed by atoms with Gasteiger partial charge in [0.1, 0.15) is 0 Å². The van der Waals surface area contributed by atoms with Crippen molar-refractivity contribution in [3.05, 3.63) is 24.0 Å². The van der Waals surface area contributed by atoms with Crippen molar-refractivity contribution in [1.29, 1.82) is 0 Å². The third-order valence-corrected chi connectivity index (χ3v) is 3.02. The SMILES string of the molecule is Cc1ccc(N2CC(CC(C)C)C2)cn1. The molecule has 1 saturated heterocycles. The van der Waals surface area contributed by atoms with Gasteiger partial charge < -0.3 is 4.90 Å². The van der Waals surface area contributed by atoms with E-state index < -0.39 is 0 Å². The van der Waals surface area contributed by atoms with Gasteiger partial charge in [0.15, 0.2) is 0 Å². The normalized spacial score (nSPS) is 16.9. The number of hydrogen-bond donors (Lipinski definition) is 0. The van der Waals surface area contributed by atoms with Crippen LogP contribution in [-0.4, -0.2) is 18.1 Å². The van der Waals surface area contributed by atoms with Gasteiger partial charge in [0.2, 0.25) is 0 Å². The summed E-state index contributed by atoms with van der Waals surface area (Å²) in [4.78, 5) is 6.74. The van der Waals surface area contributed by atoms with E-state index in [4.69, 9.17) is 0 Å². The Kier molecular flexibility index (Phi) is 2.94. The minimum atomic E-state index is 0.827. The molecule has 2 heterocycles. The Balaban J connectivity index is 1.86. The van der Waals surface area contributed by atoms with Crippen molar-refractivity contribution < 1.29 is 0 Å².